The number of aromatic nitrogens is 2. The number of halogens is 2. The highest BCUT2D eigenvalue weighted by atomic mass is 35.5. The van der Waals surface area contributed by atoms with Crippen molar-refractivity contribution in [3.8, 4) is 0 Å². The molecule has 0 fully saturated rings. The number of thiophene rings is 1. The largest absolute Gasteiger partial charge is 0.280 e. The van der Waals surface area contributed by atoms with Gasteiger partial charge in [0.25, 0.3) is 5.56 Å². The van der Waals surface area contributed by atoms with Gasteiger partial charge in [0.05, 0.1) is 11.8 Å². The van der Waals surface area contributed by atoms with Crippen LogP contribution in [0.5, 0.6) is 0 Å². The second-order valence-electron chi connectivity index (χ2n) is 5.12. The molecule has 0 saturated heterocycles. The third-order valence-electron chi connectivity index (χ3n) is 3.50. The van der Waals surface area contributed by atoms with Gasteiger partial charge < -0.3 is 0 Å². The van der Waals surface area contributed by atoms with E-state index in [0.29, 0.717) is 10.2 Å². The summed E-state index contributed by atoms with van der Waals surface area (Å²) >= 11 is 7.35. The third-order valence-corrected chi connectivity index (χ3v) is 5.04. The van der Waals surface area contributed by atoms with Crippen molar-refractivity contribution in [2.75, 3.05) is 5.43 Å². The lowest BCUT2D eigenvalue weighted by atomic mass is 10.1. The SMILES string of the molecule is CCc1cc2c(=O)n(NC(=O)Cc3c(F)cccc3Cl)cnc2s1. The molecule has 2 aromatic heterocycles. The number of benzene rings is 1. The summed E-state index contributed by atoms with van der Waals surface area (Å²) in [4.78, 5) is 30.3. The summed E-state index contributed by atoms with van der Waals surface area (Å²) in [6.45, 7) is 1.99. The zero-order valence-corrected chi connectivity index (χ0v) is 14.2. The Kier molecular flexibility index (Phi) is 4.64. The zero-order valence-electron chi connectivity index (χ0n) is 12.7. The molecule has 24 heavy (non-hydrogen) atoms. The van der Waals surface area contributed by atoms with E-state index in [1.54, 1.807) is 6.07 Å². The monoisotopic (exact) mass is 365 g/mol. The minimum Gasteiger partial charge on any atom is -0.273 e. The zero-order chi connectivity index (χ0) is 17.3. The molecule has 2 heterocycles. The molecule has 8 heteroatoms. The Morgan fingerprint density at radius 1 is 1.46 bits per heavy atom. The molecule has 0 spiro atoms. The van der Waals surface area contributed by atoms with Crippen molar-refractivity contribution < 1.29 is 9.18 Å². The van der Waals surface area contributed by atoms with E-state index in [9.17, 15) is 14.0 Å². The highest BCUT2D eigenvalue weighted by Gasteiger charge is 2.14. The summed E-state index contributed by atoms with van der Waals surface area (Å²) in [7, 11) is 0. The van der Waals surface area contributed by atoms with E-state index in [1.807, 2.05) is 6.92 Å². The number of nitrogens with one attached hydrogen (secondary N) is 1. The van der Waals surface area contributed by atoms with Gasteiger partial charge in [0, 0.05) is 15.5 Å². The Hall–Kier alpha value is -2.25. The maximum Gasteiger partial charge on any atom is 0.280 e. The van der Waals surface area contributed by atoms with Crippen molar-refractivity contribution in [2.24, 2.45) is 0 Å². The van der Waals surface area contributed by atoms with Gasteiger partial charge in [-0.05, 0) is 24.6 Å². The molecule has 0 aliphatic carbocycles. The Morgan fingerprint density at radius 3 is 2.96 bits per heavy atom. The van der Waals surface area contributed by atoms with Gasteiger partial charge in [-0.3, -0.25) is 15.0 Å². The Labute approximate surface area is 145 Å². The maximum atomic E-state index is 13.7. The van der Waals surface area contributed by atoms with Crippen LogP contribution in [0.25, 0.3) is 10.2 Å². The fourth-order valence-electron chi connectivity index (χ4n) is 2.26. The summed E-state index contributed by atoms with van der Waals surface area (Å²) in [6, 6.07) is 5.96. The van der Waals surface area contributed by atoms with E-state index in [2.05, 4.69) is 10.4 Å². The van der Waals surface area contributed by atoms with Crippen LogP contribution in [0.1, 0.15) is 17.4 Å². The number of aryl methyl sites for hydroxylation is 1. The summed E-state index contributed by atoms with van der Waals surface area (Å²) in [5, 5.41) is 0.611. The fourth-order valence-corrected chi connectivity index (χ4v) is 3.42. The molecule has 5 nitrogen and oxygen atoms in total. The molecule has 0 unspecified atom stereocenters. The number of carbonyl (C=O) groups excluding carboxylic acids is 1. The fraction of sp³-hybridized carbons (Fsp3) is 0.188. The van der Waals surface area contributed by atoms with E-state index in [-0.39, 0.29) is 22.6 Å². The van der Waals surface area contributed by atoms with Crippen LogP contribution < -0.4 is 11.0 Å². The molecular weight excluding hydrogens is 353 g/mol. The predicted molar refractivity (Wildman–Crippen MR) is 92.7 cm³/mol. The molecule has 0 aliphatic heterocycles. The van der Waals surface area contributed by atoms with Crippen molar-refractivity contribution in [1.82, 2.24) is 9.66 Å². The van der Waals surface area contributed by atoms with Crippen LogP contribution in [0, 0.1) is 5.82 Å². The smallest absolute Gasteiger partial charge is 0.273 e. The molecular formula is C16H13ClFN3O2S. The molecule has 124 valence electrons. The lowest BCUT2D eigenvalue weighted by Gasteiger charge is -2.09. The van der Waals surface area contributed by atoms with Gasteiger partial charge in [-0.25, -0.2) is 14.1 Å². The molecule has 3 rings (SSSR count). The third kappa shape index (κ3) is 3.18. The van der Waals surface area contributed by atoms with Crippen LogP contribution in [0.4, 0.5) is 4.39 Å². The van der Waals surface area contributed by atoms with Crippen molar-refractivity contribution in [1.29, 1.82) is 0 Å². The second kappa shape index (κ2) is 6.70. The molecule has 0 bridgehead atoms. The number of fused-ring (bicyclic) bond motifs is 1. The number of carbonyl (C=O) groups is 1. The predicted octanol–water partition coefficient (Wildman–Crippen LogP) is 3.13. The highest BCUT2D eigenvalue weighted by Crippen LogP contribution is 2.21. The lowest BCUT2D eigenvalue weighted by molar-refractivity contribution is -0.116. The number of hydrogen-bond donors (Lipinski definition) is 1. The van der Waals surface area contributed by atoms with Gasteiger partial charge >= 0.3 is 0 Å². The molecule has 0 saturated carbocycles. The Bertz CT molecular complexity index is 963. The van der Waals surface area contributed by atoms with E-state index < -0.39 is 11.7 Å². The Morgan fingerprint density at radius 2 is 2.25 bits per heavy atom. The standard InChI is InChI=1S/C16H13ClFN3O2S/c1-2-9-6-11-15(24-9)19-8-21(16(11)23)20-14(22)7-10-12(17)4-3-5-13(10)18/h3-6,8H,2,7H2,1H3,(H,20,22). The van der Waals surface area contributed by atoms with Crippen LogP contribution in [0.3, 0.4) is 0 Å². The normalized spacial score (nSPS) is 11.0. The minimum atomic E-state index is -0.566. The van der Waals surface area contributed by atoms with Gasteiger partial charge in [-0.2, -0.15) is 0 Å². The van der Waals surface area contributed by atoms with Crippen molar-refractivity contribution in [3.05, 3.63) is 62.2 Å². The van der Waals surface area contributed by atoms with Crippen LogP contribution in [-0.4, -0.2) is 15.6 Å². The molecule has 1 N–H and O–H groups in total. The quantitative estimate of drug-likeness (QED) is 0.772. The van der Waals surface area contributed by atoms with Crippen molar-refractivity contribution >= 4 is 39.1 Å². The van der Waals surface area contributed by atoms with E-state index in [1.165, 1.54) is 35.9 Å². The van der Waals surface area contributed by atoms with Crippen LogP contribution >= 0.6 is 22.9 Å². The number of hydrogen-bond acceptors (Lipinski definition) is 4. The average Bonchev–Trinajstić information content (AvgIpc) is 2.98. The first-order chi connectivity index (χ1) is 11.5. The van der Waals surface area contributed by atoms with Crippen molar-refractivity contribution in [2.45, 2.75) is 19.8 Å². The lowest BCUT2D eigenvalue weighted by Crippen LogP contribution is -2.34. The van der Waals surface area contributed by atoms with Crippen molar-refractivity contribution in [3.63, 3.8) is 0 Å². The topological polar surface area (TPSA) is 64.0 Å². The Balaban J connectivity index is 1.85. The molecule has 1 amide bonds. The molecule has 0 radical (unpaired) electrons. The van der Waals surface area contributed by atoms with Crippen LogP contribution in [0.15, 0.2) is 35.4 Å². The summed E-state index contributed by atoms with van der Waals surface area (Å²) in [5.74, 6) is -1.12. The summed E-state index contributed by atoms with van der Waals surface area (Å²) < 4.78 is 14.7. The van der Waals surface area contributed by atoms with E-state index in [4.69, 9.17) is 11.6 Å². The van der Waals surface area contributed by atoms with E-state index in [0.717, 1.165) is 16.0 Å². The molecule has 1 aromatic carbocycles. The van der Waals surface area contributed by atoms with Gasteiger partial charge in [0.2, 0.25) is 5.91 Å². The van der Waals surface area contributed by atoms with Crippen LogP contribution in [-0.2, 0) is 17.6 Å². The minimum absolute atomic E-state index is 0.0857. The van der Waals surface area contributed by atoms with Gasteiger partial charge in [-0.15, -0.1) is 11.3 Å². The first kappa shape index (κ1) is 16.6. The van der Waals surface area contributed by atoms with Crippen LogP contribution in [0.2, 0.25) is 5.02 Å². The number of rotatable bonds is 4. The van der Waals surface area contributed by atoms with Gasteiger partial charge in [0.15, 0.2) is 0 Å². The summed E-state index contributed by atoms with van der Waals surface area (Å²) in [5.41, 5.74) is 2.13. The summed E-state index contributed by atoms with van der Waals surface area (Å²) in [6.07, 6.45) is 1.78. The number of nitrogens with zero attached hydrogens (tertiary/aromatic N) is 2. The maximum absolute atomic E-state index is 13.7. The van der Waals surface area contributed by atoms with Gasteiger partial charge in [0.1, 0.15) is 17.0 Å². The highest BCUT2D eigenvalue weighted by molar-refractivity contribution is 7.18. The second-order valence-corrected chi connectivity index (χ2v) is 6.64. The molecule has 0 atom stereocenters. The van der Waals surface area contributed by atoms with Gasteiger partial charge in [-0.1, -0.05) is 24.6 Å². The average molecular weight is 366 g/mol. The molecule has 0 aliphatic rings. The first-order valence-electron chi connectivity index (χ1n) is 7.22. The molecule has 3 aromatic rings. The van der Waals surface area contributed by atoms with E-state index >= 15 is 0 Å². The first-order valence-corrected chi connectivity index (χ1v) is 8.42. The number of amides is 1.